The van der Waals surface area contributed by atoms with Crippen LogP contribution in [0.5, 0.6) is 0 Å². The van der Waals surface area contributed by atoms with Gasteiger partial charge in [-0.25, -0.2) is 0 Å². The van der Waals surface area contributed by atoms with Crippen LogP contribution in [0.15, 0.2) is 22.7 Å². The molecule has 1 rings (SSSR count). The minimum Gasteiger partial charge on any atom is -0.322 e. The fourth-order valence-electron chi connectivity index (χ4n) is 0.897. The summed E-state index contributed by atoms with van der Waals surface area (Å²) in [6, 6.07) is 5.73. The lowest BCUT2D eigenvalue weighted by atomic mass is 9.96. The topological polar surface area (TPSA) is 26.0 Å². The van der Waals surface area contributed by atoms with Crippen LogP contribution in [0.3, 0.4) is 0 Å². The molecule has 0 aliphatic heterocycles. The van der Waals surface area contributed by atoms with Crippen LogP contribution in [0.25, 0.3) is 0 Å². The summed E-state index contributed by atoms with van der Waals surface area (Å²) in [4.78, 5) is 0. The summed E-state index contributed by atoms with van der Waals surface area (Å²) in [5.41, 5.74) is 6.67. The van der Waals surface area contributed by atoms with Crippen LogP contribution < -0.4 is 5.73 Å². The van der Waals surface area contributed by atoms with Gasteiger partial charge in [0.15, 0.2) is 0 Å². The van der Waals surface area contributed by atoms with Gasteiger partial charge in [0.25, 0.3) is 0 Å². The van der Waals surface area contributed by atoms with Crippen molar-refractivity contribution in [3.63, 3.8) is 0 Å². The van der Waals surface area contributed by atoms with Crippen LogP contribution in [0.4, 0.5) is 0 Å². The number of halogens is 3. The second-order valence-corrected chi connectivity index (χ2v) is 4.61. The lowest BCUT2D eigenvalue weighted by Crippen LogP contribution is -2.28. The molecule has 0 unspecified atom stereocenters. The Labute approximate surface area is 98.2 Å². The van der Waals surface area contributed by atoms with E-state index in [1.54, 1.807) is 0 Å². The normalized spacial score (nSPS) is 10.8. The third-order valence-corrected chi connectivity index (χ3v) is 2.88. The first-order valence-electron chi connectivity index (χ1n) is 3.65. The minimum atomic E-state index is -0.312. The molecule has 0 aromatic heterocycles. The van der Waals surface area contributed by atoms with E-state index >= 15 is 0 Å². The summed E-state index contributed by atoms with van der Waals surface area (Å²) >= 11 is 9.19. The lowest BCUT2D eigenvalue weighted by molar-refractivity contribution is 0.554. The maximum absolute atomic E-state index is 5.91. The second-order valence-electron chi connectivity index (χ2n) is 3.35. The van der Waals surface area contributed by atoms with E-state index in [1.165, 1.54) is 0 Å². The van der Waals surface area contributed by atoms with Crippen molar-refractivity contribution in [3.8, 4) is 0 Å². The van der Waals surface area contributed by atoms with E-state index < -0.39 is 0 Å². The van der Waals surface area contributed by atoms with Gasteiger partial charge in [0.1, 0.15) is 0 Å². The Morgan fingerprint density at radius 3 is 2.31 bits per heavy atom. The van der Waals surface area contributed by atoms with Gasteiger partial charge in [0, 0.05) is 10.0 Å². The quantitative estimate of drug-likeness (QED) is 0.836. The summed E-state index contributed by atoms with van der Waals surface area (Å²) in [7, 11) is 0. The number of benzene rings is 1. The van der Waals surface area contributed by atoms with Gasteiger partial charge in [-0.3, -0.25) is 0 Å². The first-order valence-corrected chi connectivity index (χ1v) is 4.83. The lowest BCUT2D eigenvalue weighted by Gasteiger charge is -2.19. The van der Waals surface area contributed by atoms with Crippen LogP contribution in [0.1, 0.15) is 19.4 Å². The summed E-state index contributed by atoms with van der Waals surface area (Å²) in [6.45, 7) is 3.92. The highest BCUT2D eigenvalue weighted by Crippen LogP contribution is 2.27. The number of rotatable bonds is 1. The number of hydrogen-bond donors (Lipinski definition) is 1. The largest absolute Gasteiger partial charge is 0.322 e. The van der Waals surface area contributed by atoms with E-state index in [-0.39, 0.29) is 17.9 Å². The van der Waals surface area contributed by atoms with Crippen LogP contribution in [-0.4, -0.2) is 0 Å². The Hall–Kier alpha value is 0.240. The Morgan fingerprint density at radius 1 is 1.38 bits per heavy atom. The smallest absolute Gasteiger partial charge is 0.0548 e. The van der Waals surface area contributed by atoms with E-state index in [9.17, 15) is 0 Å². The van der Waals surface area contributed by atoms with Gasteiger partial charge < -0.3 is 5.73 Å². The van der Waals surface area contributed by atoms with Crippen LogP contribution in [0.2, 0.25) is 5.02 Å². The highest BCUT2D eigenvalue weighted by Gasteiger charge is 2.14. The molecule has 0 aliphatic rings. The fraction of sp³-hybridized carbons (Fsp3) is 0.333. The predicted octanol–water partition coefficient (Wildman–Crippen LogP) is 3.72. The Morgan fingerprint density at radius 2 is 1.92 bits per heavy atom. The molecule has 74 valence electrons. The molecule has 0 spiro atoms. The molecule has 0 heterocycles. The van der Waals surface area contributed by atoms with E-state index in [0.717, 1.165) is 10.0 Å². The Bertz CT molecular complexity index is 294. The van der Waals surface area contributed by atoms with Gasteiger partial charge >= 0.3 is 0 Å². The van der Waals surface area contributed by atoms with Gasteiger partial charge in [-0.05, 0) is 47.5 Å². The highest BCUT2D eigenvalue weighted by atomic mass is 79.9. The Balaban J connectivity index is 0.00000144. The average Bonchev–Trinajstić information content (AvgIpc) is 1.92. The van der Waals surface area contributed by atoms with E-state index in [0.29, 0.717) is 5.02 Å². The molecule has 0 fully saturated rings. The predicted molar refractivity (Wildman–Crippen MR) is 63.6 cm³/mol. The minimum absolute atomic E-state index is 0. The van der Waals surface area contributed by atoms with Crippen molar-refractivity contribution in [1.82, 2.24) is 0 Å². The zero-order chi connectivity index (χ0) is 9.35. The third kappa shape index (κ3) is 3.47. The monoisotopic (exact) mass is 283 g/mol. The molecule has 1 aromatic carbocycles. The maximum atomic E-state index is 5.91. The fourth-order valence-corrected chi connectivity index (χ4v) is 1.39. The van der Waals surface area contributed by atoms with Crippen LogP contribution >= 0.6 is 39.9 Å². The average molecular weight is 285 g/mol. The third-order valence-electron chi connectivity index (χ3n) is 1.66. The number of nitrogens with two attached hydrogens (primary N) is 1. The van der Waals surface area contributed by atoms with Crippen molar-refractivity contribution >= 4 is 39.9 Å². The molecule has 13 heavy (non-hydrogen) atoms. The van der Waals surface area contributed by atoms with E-state index in [2.05, 4.69) is 15.9 Å². The van der Waals surface area contributed by atoms with Gasteiger partial charge in [-0.1, -0.05) is 17.7 Å². The van der Waals surface area contributed by atoms with Gasteiger partial charge in [0.2, 0.25) is 0 Å². The Kier molecular flexibility index (Phi) is 4.73. The molecular formula is C9H12BrCl2N. The van der Waals surface area contributed by atoms with Crippen molar-refractivity contribution in [2.45, 2.75) is 19.4 Å². The molecule has 2 N–H and O–H groups in total. The van der Waals surface area contributed by atoms with Gasteiger partial charge in [-0.2, -0.15) is 0 Å². The summed E-state index contributed by atoms with van der Waals surface area (Å²) in [5, 5.41) is 0.711. The highest BCUT2D eigenvalue weighted by molar-refractivity contribution is 9.10. The summed E-state index contributed by atoms with van der Waals surface area (Å²) in [6.07, 6.45) is 0. The summed E-state index contributed by atoms with van der Waals surface area (Å²) < 4.78 is 0.889. The molecule has 0 saturated heterocycles. The second kappa shape index (κ2) is 4.65. The molecule has 0 amide bonds. The molecule has 1 nitrogen and oxygen atoms in total. The van der Waals surface area contributed by atoms with Crippen molar-refractivity contribution in [2.24, 2.45) is 5.73 Å². The summed E-state index contributed by atoms with van der Waals surface area (Å²) in [5.74, 6) is 0. The maximum Gasteiger partial charge on any atom is 0.0548 e. The van der Waals surface area contributed by atoms with Crippen molar-refractivity contribution in [2.75, 3.05) is 0 Å². The van der Waals surface area contributed by atoms with E-state index in [1.807, 2.05) is 32.0 Å². The van der Waals surface area contributed by atoms with Crippen molar-refractivity contribution in [1.29, 1.82) is 0 Å². The SMILES string of the molecule is CC(C)(N)c1ccc(Cl)c(Br)c1.Cl. The molecule has 0 bridgehead atoms. The van der Waals surface area contributed by atoms with Crippen LogP contribution in [-0.2, 0) is 5.54 Å². The molecule has 0 radical (unpaired) electrons. The molecule has 0 aliphatic carbocycles. The molecule has 1 aromatic rings. The first kappa shape index (κ1) is 13.2. The molecular weight excluding hydrogens is 273 g/mol. The van der Waals surface area contributed by atoms with Crippen molar-refractivity contribution in [3.05, 3.63) is 33.3 Å². The van der Waals surface area contributed by atoms with Gasteiger partial charge in [-0.15, -0.1) is 12.4 Å². The molecule has 0 atom stereocenters. The van der Waals surface area contributed by atoms with Gasteiger partial charge in [0.05, 0.1) is 5.02 Å². The van der Waals surface area contributed by atoms with Crippen LogP contribution in [0, 0.1) is 0 Å². The molecule has 0 saturated carbocycles. The first-order chi connectivity index (χ1) is 5.41. The number of hydrogen-bond acceptors (Lipinski definition) is 1. The van der Waals surface area contributed by atoms with E-state index in [4.69, 9.17) is 17.3 Å². The molecule has 4 heteroatoms. The van der Waals surface area contributed by atoms with Crippen molar-refractivity contribution < 1.29 is 0 Å². The standard InChI is InChI=1S/C9H11BrClN.ClH/c1-9(2,12)6-3-4-8(11)7(10)5-6;/h3-5H,12H2,1-2H3;1H. The zero-order valence-corrected chi connectivity index (χ0v) is 10.6. The zero-order valence-electron chi connectivity index (χ0n) is 7.47.